The molecular formula is C26H34O7. The third kappa shape index (κ3) is 2.67. The molecule has 0 bridgehead atoms. The van der Waals surface area contributed by atoms with Crippen LogP contribution >= 0.6 is 0 Å². The Kier molecular flexibility index (Phi) is 4.70. The average Bonchev–Trinajstić information content (AvgIpc) is 3.32. The van der Waals surface area contributed by atoms with Gasteiger partial charge in [0.1, 0.15) is 11.4 Å². The zero-order valence-corrected chi connectivity index (χ0v) is 19.8. The van der Waals surface area contributed by atoms with Crippen molar-refractivity contribution < 1.29 is 34.1 Å². The molecule has 1 aliphatic heterocycles. The maximum Gasteiger partial charge on any atom is 0.330 e. The van der Waals surface area contributed by atoms with E-state index in [0.29, 0.717) is 6.42 Å². The highest BCUT2D eigenvalue weighted by atomic mass is 16.6. The monoisotopic (exact) mass is 458 g/mol. The zero-order chi connectivity index (χ0) is 24.1. The molecule has 33 heavy (non-hydrogen) atoms. The molecule has 1 aromatic heterocycles. The SMILES string of the molecule is CC1(C)OC(=O)C=C[C@@]2(C)C1C[C@@H](O)[C@]1(C)C2[C@@H](O)[C@H](O)[C@]2(C)C1C(=O)C[C@H]2c1ccoc1. The maximum atomic E-state index is 13.7. The number of cyclic esters (lactones) is 1. The molecule has 4 aliphatic rings. The molecule has 5 rings (SSSR count). The summed E-state index contributed by atoms with van der Waals surface area (Å²) < 4.78 is 11.0. The van der Waals surface area contributed by atoms with Crippen LogP contribution in [0.15, 0.2) is 35.2 Å². The number of fused-ring (bicyclic) bond motifs is 5. The van der Waals surface area contributed by atoms with Crippen LogP contribution in [0.3, 0.4) is 0 Å². The van der Waals surface area contributed by atoms with E-state index < -0.39 is 58.0 Å². The Morgan fingerprint density at radius 3 is 2.36 bits per heavy atom. The van der Waals surface area contributed by atoms with Crippen LogP contribution in [-0.4, -0.2) is 51.0 Å². The van der Waals surface area contributed by atoms with E-state index in [9.17, 15) is 24.9 Å². The largest absolute Gasteiger partial charge is 0.472 e. The first kappa shape index (κ1) is 22.8. The Labute approximate surface area is 193 Å². The summed E-state index contributed by atoms with van der Waals surface area (Å²) in [4.78, 5) is 26.0. The number of esters is 1. The standard InChI is InChI=1S/C26H34O7/c1-23(2)16-11-17(28)26(5)20-15(27)10-14(13-7-9-32-12-13)25(20,4)22(31)19(30)21(26)24(16,3)8-6-18(29)33-23/h6-9,12,14,16-17,19-22,28,30-31H,10-11H2,1-5H3/t14-,16?,17+,19+,20?,21?,22-,24-,25-,26-/m0/s1. The highest BCUT2D eigenvalue weighted by Gasteiger charge is 2.76. The summed E-state index contributed by atoms with van der Waals surface area (Å²) in [5.74, 6) is -2.47. The molecule has 2 heterocycles. The number of hydrogen-bond donors (Lipinski definition) is 3. The van der Waals surface area contributed by atoms with Gasteiger partial charge in [0.25, 0.3) is 0 Å². The minimum atomic E-state index is -1.22. The summed E-state index contributed by atoms with van der Waals surface area (Å²) >= 11 is 0. The van der Waals surface area contributed by atoms with Crippen LogP contribution in [0.1, 0.15) is 58.9 Å². The first-order valence-corrected chi connectivity index (χ1v) is 11.8. The molecule has 3 unspecified atom stereocenters. The first-order valence-electron chi connectivity index (χ1n) is 11.8. The number of aliphatic hydroxyl groups is 3. The van der Waals surface area contributed by atoms with E-state index in [1.807, 2.05) is 34.6 Å². The molecule has 0 spiro atoms. The highest BCUT2D eigenvalue weighted by molar-refractivity contribution is 5.87. The van der Waals surface area contributed by atoms with Crippen LogP contribution in [-0.2, 0) is 14.3 Å². The van der Waals surface area contributed by atoms with Crippen LogP contribution in [0, 0.1) is 34.0 Å². The first-order chi connectivity index (χ1) is 15.3. The second-order valence-electron chi connectivity index (χ2n) is 11.9. The van der Waals surface area contributed by atoms with Crippen molar-refractivity contribution in [1.82, 2.24) is 0 Å². The quantitative estimate of drug-likeness (QED) is 0.554. The summed E-state index contributed by atoms with van der Waals surface area (Å²) in [5, 5.41) is 35.1. The van der Waals surface area contributed by atoms with Crippen molar-refractivity contribution in [3.63, 3.8) is 0 Å². The molecule has 0 amide bonds. The Hall–Kier alpha value is -1.96. The minimum Gasteiger partial charge on any atom is -0.472 e. The van der Waals surface area contributed by atoms with E-state index in [2.05, 4.69) is 0 Å². The maximum absolute atomic E-state index is 13.7. The summed E-state index contributed by atoms with van der Waals surface area (Å²) in [6.45, 7) is 9.34. The lowest BCUT2D eigenvalue weighted by molar-refractivity contribution is -0.277. The van der Waals surface area contributed by atoms with Gasteiger partial charge in [-0.2, -0.15) is 0 Å². The number of ether oxygens (including phenoxy) is 1. The van der Waals surface area contributed by atoms with Gasteiger partial charge in [-0.3, -0.25) is 4.79 Å². The summed E-state index contributed by atoms with van der Waals surface area (Å²) in [6, 6.07) is 1.80. The number of Topliss-reactive ketones (excluding diaryl/α,β-unsaturated/α-hetero) is 1. The van der Waals surface area contributed by atoms with E-state index >= 15 is 0 Å². The number of allylic oxidation sites excluding steroid dienone is 1. The van der Waals surface area contributed by atoms with Gasteiger partial charge in [0, 0.05) is 47.0 Å². The molecule has 0 saturated heterocycles. The van der Waals surface area contributed by atoms with Crippen molar-refractivity contribution >= 4 is 11.8 Å². The number of carbonyl (C=O) groups excluding carboxylic acids is 2. The van der Waals surface area contributed by atoms with E-state index in [1.165, 1.54) is 6.08 Å². The number of aliphatic hydroxyl groups excluding tert-OH is 3. The third-order valence-electron chi connectivity index (χ3n) is 10.0. The van der Waals surface area contributed by atoms with E-state index in [-0.39, 0.29) is 24.0 Å². The lowest BCUT2D eigenvalue weighted by Crippen LogP contribution is -2.73. The molecule has 0 radical (unpaired) electrons. The molecular weight excluding hydrogens is 424 g/mol. The molecule has 10 atom stereocenters. The van der Waals surface area contributed by atoms with E-state index in [0.717, 1.165) is 5.56 Å². The van der Waals surface area contributed by atoms with Crippen molar-refractivity contribution in [3.05, 3.63) is 36.3 Å². The van der Waals surface area contributed by atoms with Crippen LogP contribution < -0.4 is 0 Å². The van der Waals surface area contributed by atoms with Gasteiger partial charge in [0.15, 0.2) is 0 Å². The van der Waals surface area contributed by atoms with E-state index in [1.54, 1.807) is 24.7 Å². The lowest BCUT2D eigenvalue weighted by Gasteiger charge is -2.68. The van der Waals surface area contributed by atoms with Gasteiger partial charge in [-0.05, 0) is 37.3 Å². The van der Waals surface area contributed by atoms with Gasteiger partial charge in [0.2, 0.25) is 0 Å². The normalized spacial score (nSPS) is 50.7. The van der Waals surface area contributed by atoms with E-state index in [4.69, 9.17) is 9.15 Å². The Morgan fingerprint density at radius 1 is 1.03 bits per heavy atom. The Balaban J connectivity index is 1.71. The number of rotatable bonds is 1. The average molecular weight is 459 g/mol. The Bertz CT molecular complexity index is 1010. The van der Waals surface area contributed by atoms with Crippen LogP contribution in [0.5, 0.6) is 0 Å². The fraction of sp³-hybridized carbons (Fsp3) is 0.692. The zero-order valence-electron chi connectivity index (χ0n) is 19.8. The van der Waals surface area contributed by atoms with Gasteiger partial charge >= 0.3 is 5.97 Å². The van der Waals surface area contributed by atoms with Gasteiger partial charge in [-0.1, -0.05) is 26.8 Å². The second kappa shape index (κ2) is 6.80. The molecule has 3 N–H and O–H groups in total. The van der Waals surface area contributed by atoms with Crippen molar-refractivity contribution in [2.45, 2.75) is 77.3 Å². The van der Waals surface area contributed by atoms with Crippen molar-refractivity contribution in [3.8, 4) is 0 Å². The number of hydrogen-bond acceptors (Lipinski definition) is 7. The van der Waals surface area contributed by atoms with Crippen LogP contribution in [0.4, 0.5) is 0 Å². The predicted molar refractivity (Wildman–Crippen MR) is 118 cm³/mol. The molecule has 180 valence electrons. The Morgan fingerprint density at radius 2 is 1.73 bits per heavy atom. The number of carbonyl (C=O) groups is 2. The van der Waals surface area contributed by atoms with Crippen molar-refractivity contribution in [2.75, 3.05) is 0 Å². The summed E-state index contributed by atoms with van der Waals surface area (Å²) in [6.07, 6.45) is 3.47. The van der Waals surface area contributed by atoms with Gasteiger partial charge in [-0.25, -0.2) is 4.79 Å². The van der Waals surface area contributed by atoms with Crippen molar-refractivity contribution in [2.24, 2.45) is 34.0 Å². The molecule has 1 aromatic rings. The van der Waals surface area contributed by atoms with Crippen molar-refractivity contribution in [1.29, 1.82) is 0 Å². The number of furan rings is 1. The van der Waals surface area contributed by atoms with Gasteiger partial charge in [0.05, 0.1) is 30.8 Å². The summed E-state index contributed by atoms with van der Waals surface area (Å²) in [5.41, 5.74) is -2.87. The molecule has 0 aromatic carbocycles. The summed E-state index contributed by atoms with van der Waals surface area (Å²) in [7, 11) is 0. The molecule has 7 heteroatoms. The molecule has 7 nitrogen and oxygen atoms in total. The van der Waals surface area contributed by atoms with Gasteiger partial charge in [-0.15, -0.1) is 0 Å². The second-order valence-corrected chi connectivity index (χ2v) is 11.9. The smallest absolute Gasteiger partial charge is 0.330 e. The topological polar surface area (TPSA) is 117 Å². The van der Waals surface area contributed by atoms with Gasteiger partial charge < -0.3 is 24.5 Å². The molecule has 3 aliphatic carbocycles. The highest BCUT2D eigenvalue weighted by Crippen LogP contribution is 2.72. The fourth-order valence-corrected chi connectivity index (χ4v) is 8.78. The van der Waals surface area contributed by atoms with Crippen LogP contribution in [0.25, 0.3) is 0 Å². The minimum absolute atomic E-state index is 0.0209. The fourth-order valence-electron chi connectivity index (χ4n) is 8.78. The molecule has 3 saturated carbocycles. The predicted octanol–water partition coefficient (Wildman–Crippen LogP) is 2.60. The number of ketones is 1. The molecule has 3 fully saturated rings. The lowest BCUT2D eigenvalue weighted by atomic mass is 9.37. The third-order valence-corrected chi connectivity index (χ3v) is 10.0. The van der Waals surface area contributed by atoms with Crippen LogP contribution in [0.2, 0.25) is 0 Å².